The summed E-state index contributed by atoms with van der Waals surface area (Å²) in [5.74, 6) is 0. The van der Waals surface area contributed by atoms with Gasteiger partial charge in [-0.15, -0.1) is 0 Å². The van der Waals surface area contributed by atoms with Crippen LogP contribution >= 0.6 is 46.4 Å². The maximum atomic E-state index is 12.7. The van der Waals surface area contributed by atoms with Crippen LogP contribution in [-0.2, 0) is 9.84 Å². The summed E-state index contributed by atoms with van der Waals surface area (Å²) in [4.78, 5) is 2.49. The van der Waals surface area contributed by atoms with Gasteiger partial charge >= 0.3 is 0 Å². The summed E-state index contributed by atoms with van der Waals surface area (Å²) >= 11 is 24.5. The van der Waals surface area contributed by atoms with Crippen molar-refractivity contribution in [2.45, 2.75) is 6.04 Å². The fraction of sp³-hybridized carbons (Fsp3) is 0.167. The average molecular weight is 527 g/mol. The van der Waals surface area contributed by atoms with E-state index in [9.17, 15) is 8.42 Å². The van der Waals surface area contributed by atoms with Crippen molar-refractivity contribution in [3.05, 3.63) is 109 Å². The van der Waals surface area contributed by atoms with Crippen LogP contribution in [0.4, 0.5) is 0 Å². The molecule has 1 aliphatic heterocycles. The lowest BCUT2D eigenvalue weighted by Gasteiger charge is -2.42. The van der Waals surface area contributed by atoms with Crippen LogP contribution in [0.25, 0.3) is 4.91 Å². The highest BCUT2D eigenvalue weighted by Crippen LogP contribution is 2.39. The van der Waals surface area contributed by atoms with Crippen molar-refractivity contribution >= 4 is 61.1 Å². The number of hydrogen-bond acceptors (Lipinski definition) is 3. The fourth-order valence-electron chi connectivity index (χ4n) is 4.04. The largest absolute Gasteiger partial charge is 0.284 e. The zero-order valence-electron chi connectivity index (χ0n) is 17.0. The van der Waals surface area contributed by atoms with E-state index >= 15 is 0 Å². The van der Waals surface area contributed by atoms with E-state index < -0.39 is 9.84 Å². The molecule has 1 aliphatic rings. The molecule has 166 valence electrons. The lowest BCUT2D eigenvalue weighted by Crippen LogP contribution is -2.44. The van der Waals surface area contributed by atoms with E-state index in [0.717, 1.165) is 16.7 Å². The minimum atomic E-state index is -3.50. The normalized spacial score (nSPS) is 14.5. The molecule has 3 aromatic rings. The molecule has 0 unspecified atom stereocenters. The summed E-state index contributed by atoms with van der Waals surface area (Å²) in [6.45, 7) is 0.977. The molecule has 0 saturated carbocycles. The van der Waals surface area contributed by atoms with Crippen molar-refractivity contribution in [1.82, 2.24) is 4.90 Å². The number of nitrogens with zero attached hydrogens (tertiary/aromatic N) is 1. The smallest absolute Gasteiger partial charge is 0.176 e. The molecule has 1 saturated heterocycles. The van der Waals surface area contributed by atoms with Crippen LogP contribution in [0.5, 0.6) is 0 Å². The molecule has 0 atom stereocenters. The molecule has 3 nitrogen and oxygen atoms in total. The number of rotatable bonds is 5. The zero-order chi connectivity index (χ0) is 23.0. The number of hydrogen-bond donors (Lipinski definition) is 0. The van der Waals surface area contributed by atoms with E-state index in [1.54, 1.807) is 18.2 Å². The molecular weight excluding hydrogens is 508 g/mol. The van der Waals surface area contributed by atoms with Crippen molar-refractivity contribution in [2.75, 3.05) is 19.3 Å². The van der Waals surface area contributed by atoms with Gasteiger partial charge in [0.25, 0.3) is 0 Å². The molecule has 4 rings (SSSR count). The monoisotopic (exact) mass is 525 g/mol. The quantitative estimate of drug-likeness (QED) is 0.354. The number of sulfone groups is 1. The Hall–Kier alpha value is -1.53. The summed E-state index contributed by atoms with van der Waals surface area (Å²) in [6.07, 6.45) is 1.21. The van der Waals surface area contributed by atoms with Crippen LogP contribution in [-0.4, -0.2) is 32.7 Å². The van der Waals surface area contributed by atoms with Crippen LogP contribution in [0.15, 0.2) is 72.3 Å². The number of benzene rings is 3. The molecule has 32 heavy (non-hydrogen) atoms. The standard InChI is InChI=1S/C24H19Cl4NO2S/c1-32(30,31)24(17-10-21(27)12-22(28)11-17)18-13-29(14-18)23(15-2-6-19(25)7-3-15)16-4-8-20(26)9-5-16/h2-12,23H,13-14H2,1H3. The van der Waals surface area contributed by atoms with Gasteiger partial charge in [0, 0.05) is 39.4 Å². The molecule has 0 aliphatic carbocycles. The summed E-state index contributed by atoms with van der Waals surface area (Å²) in [5, 5.41) is 2.10. The first-order valence-electron chi connectivity index (χ1n) is 9.75. The van der Waals surface area contributed by atoms with Crippen LogP contribution in [0.3, 0.4) is 0 Å². The Morgan fingerprint density at radius 1 is 0.750 bits per heavy atom. The SMILES string of the molecule is CS(=O)(=O)C(=C1CN(C(c2ccc(Cl)cc2)c2ccc(Cl)cc2)C1)c1cc(Cl)cc(Cl)c1. The van der Waals surface area contributed by atoms with Gasteiger partial charge in [-0.1, -0.05) is 70.7 Å². The predicted molar refractivity (Wildman–Crippen MR) is 135 cm³/mol. The van der Waals surface area contributed by atoms with Crippen molar-refractivity contribution in [3.8, 4) is 0 Å². The topological polar surface area (TPSA) is 37.4 Å². The third kappa shape index (κ3) is 5.17. The Balaban J connectivity index is 1.74. The van der Waals surface area contributed by atoms with Crippen LogP contribution in [0.1, 0.15) is 22.7 Å². The maximum absolute atomic E-state index is 12.7. The Labute approximate surface area is 208 Å². The second kappa shape index (κ2) is 9.38. The van der Waals surface area contributed by atoms with E-state index in [4.69, 9.17) is 46.4 Å². The van der Waals surface area contributed by atoms with Crippen molar-refractivity contribution in [2.24, 2.45) is 0 Å². The predicted octanol–water partition coefficient (Wildman–Crippen LogP) is 7.16. The number of halogens is 4. The highest BCUT2D eigenvalue weighted by molar-refractivity contribution is 8.00. The molecule has 0 aromatic heterocycles. The molecule has 0 amide bonds. The minimum absolute atomic E-state index is 0.0722. The second-order valence-electron chi connectivity index (χ2n) is 7.77. The van der Waals surface area contributed by atoms with E-state index in [1.165, 1.54) is 6.26 Å². The van der Waals surface area contributed by atoms with E-state index in [-0.39, 0.29) is 10.9 Å². The highest BCUT2D eigenvalue weighted by atomic mass is 35.5. The van der Waals surface area contributed by atoms with Crippen molar-refractivity contribution < 1.29 is 8.42 Å². The fourth-order valence-corrected chi connectivity index (χ4v) is 6.02. The summed E-state index contributed by atoms with van der Waals surface area (Å²) < 4.78 is 25.4. The second-order valence-corrected chi connectivity index (χ2v) is 11.5. The molecule has 0 N–H and O–H groups in total. The molecule has 3 aromatic carbocycles. The first-order valence-corrected chi connectivity index (χ1v) is 13.2. The molecule has 0 bridgehead atoms. The first-order chi connectivity index (χ1) is 15.1. The van der Waals surface area contributed by atoms with E-state index in [0.29, 0.717) is 38.7 Å². The summed E-state index contributed by atoms with van der Waals surface area (Å²) in [5.41, 5.74) is 3.44. The first kappa shape index (κ1) is 23.6. The van der Waals surface area contributed by atoms with Crippen molar-refractivity contribution in [1.29, 1.82) is 0 Å². The van der Waals surface area contributed by atoms with Gasteiger partial charge in [0.05, 0.1) is 10.9 Å². The Morgan fingerprint density at radius 2 is 1.19 bits per heavy atom. The van der Waals surface area contributed by atoms with Gasteiger partial charge in [-0.2, -0.15) is 0 Å². The Morgan fingerprint density at radius 3 is 1.59 bits per heavy atom. The van der Waals surface area contributed by atoms with Crippen molar-refractivity contribution in [3.63, 3.8) is 0 Å². The van der Waals surface area contributed by atoms with E-state index in [2.05, 4.69) is 4.90 Å². The molecule has 8 heteroatoms. The minimum Gasteiger partial charge on any atom is -0.284 e. The zero-order valence-corrected chi connectivity index (χ0v) is 20.9. The number of likely N-dealkylation sites (tertiary alicyclic amines) is 1. The molecule has 1 fully saturated rings. The van der Waals surface area contributed by atoms with Gasteiger partial charge in [-0.25, -0.2) is 8.42 Å². The van der Waals surface area contributed by atoms with Gasteiger partial charge in [-0.3, -0.25) is 4.90 Å². The lowest BCUT2D eigenvalue weighted by atomic mass is 9.92. The molecule has 1 heterocycles. The average Bonchev–Trinajstić information content (AvgIpc) is 2.67. The molecular formula is C24H19Cl4NO2S. The summed E-state index contributed by atoms with van der Waals surface area (Å²) in [7, 11) is -3.50. The van der Waals surface area contributed by atoms with E-state index in [1.807, 2.05) is 48.5 Å². The van der Waals surface area contributed by atoms with Crippen LogP contribution in [0, 0.1) is 0 Å². The third-order valence-corrected chi connectivity index (χ3v) is 7.55. The van der Waals surface area contributed by atoms with Gasteiger partial charge in [0.1, 0.15) is 0 Å². The molecule has 0 spiro atoms. The molecule has 0 radical (unpaired) electrons. The maximum Gasteiger partial charge on any atom is 0.176 e. The van der Waals surface area contributed by atoms with Gasteiger partial charge in [-0.05, 0) is 64.7 Å². The lowest BCUT2D eigenvalue weighted by molar-refractivity contribution is 0.203. The van der Waals surface area contributed by atoms with Gasteiger partial charge < -0.3 is 0 Å². The van der Waals surface area contributed by atoms with Crippen LogP contribution in [0.2, 0.25) is 20.1 Å². The Bertz CT molecular complexity index is 1210. The third-order valence-electron chi connectivity index (χ3n) is 5.34. The Kier molecular flexibility index (Phi) is 6.92. The summed E-state index contributed by atoms with van der Waals surface area (Å²) in [6, 6.07) is 20.1. The van der Waals surface area contributed by atoms with Gasteiger partial charge in [0.2, 0.25) is 0 Å². The van der Waals surface area contributed by atoms with Crippen LogP contribution < -0.4 is 0 Å². The van der Waals surface area contributed by atoms with Gasteiger partial charge in [0.15, 0.2) is 9.84 Å². The highest BCUT2D eigenvalue weighted by Gasteiger charge is 2.34.